The Morgan fingerprint density at radius 2 is 1.86 bits per heavy atom. The molecule has 0 saturated carbocycles. The lowest BCUT2D eigenvalue weighted by atomic mass is 10.1. The molecule has 0 aliphatic heterocycles. The van der Waals surface area contributed by atoms with Crippen LogP contribution in [-0.2, 0) is 14.8 Å². The minimum atomic E-state index is -4.32. The zero-order chi connectivity index (χ0) is 21.6. The summed E-state index contributed by atoms with van der Waals surface area (Å²) >= 11 is 5.97. The number of amides is 2. The lowest BCUT2D eigenvalue weighted by molar-refractivity contribution is 0.0939. The van der Waals surface area contributed by atoms with Gasteiger partial charge in [-0.1, -0.05) is 29.8 Å². The van der Waals surface area contributed by atoms with Crippen LogP contribution >= 0.6 is 11.6 Å². The van der Waals surface area contributed by atoms with Crippen molar-refractivity contribution in [3.05, 3.63) is 58.6 Å². The van der Waals surface area contributed by atoms with E-state index in [4.69, 9.17) is 16.3 Å². The molecule has 0 heterocycles. The maximum Gasteiger partial charge on any atom is 0.421 e. The van der Waals surface area contributed by atoms with E-state index in [1.54, 1.807) is 17.7 Å². The van der Waals surface area contributed by atoms with E-state index in [0.717, 1.165) is 11.6 Å². The van der Waals surface area contributed by atoms with Crippen molar-refractivity contribution >= 4 is 33.6 Å². The molecule has 1 atom stereocenters. The number of carbonyl (C=O) groups is 2. The van der Waals surface area contributed by atoms with E-state index in [-0.39, 0.29) is 17.2 Å². The summed E-state index contributed by atoms with van der Waals surface area (Å²) in [5.41, 5.74) is 0.814. The van der Waals surface area contributed by atoms with Crippen molar-refractivity contribution in [1.29, 1.82) is 0 Å². The van der Waals surface area contributed by atoms with E-state index in [0.29, 0.717) is 5.75 Å². The molecule has 29 heavy (non-hydrogen) atoms. The van der Waals surface area contributed by atoms with Crippen LogP contribution in [0.15, 0.2) is 47.4 Å². The summed E-state index contributed by atoms with van der Waals surface area (Å²) < 4.78 is 36.4. The van der Waals surface area contributed by atoms with Gasteiger partial charge in [0, 0.05) is 11.1 Å². The molecule has 0 unspecified atom stereocenters. The van der Waals surface area contributed by atoms with Gasteiger partial charge in [-0.2, -0.15) is 0 Å². The van der Waals surface area contributed by atoms with Gasteiger partial charge < -0.3 is 14.8 Å². The highest BCUT2D eigenvalue weighted by Gasteiger charge is 2.24. The number of methoxy groups -OCH3 is 1. The fourth-order valence-corrected chi connectivity index (χ4v) is 3.98. The maximum absolute atomic E-state index is 12.6. The Kier molecular flexibility index (Phi) is 7.46. The first-order chi connectivity index (χ1) is 13.7. The first-order valence-corrected chi connectivity index (χ1v) is 10.5. The maximum atomic E-state index is 12.6. The molecule has 2 N–H and O–H groups in total. The molecular weight excluding hydrogens is 420 g/mol. The first-order valence-electron chi connectivity index (χ1n) is 8.62. The molecule has 8 nitrogen and oxygen atoms in total. The van der Waals surface area contributed by atoms with E-state index in [1.807, 2.05) is 18.2 Å². The highest BCUT2D eigenvalue weighted by molar-refractivity contribution is 7.90. The Morgan fingerprint density at radius 1 is 1.17 bits per heavy atom. The van der Waals surface area contributed by atoms with Crippen LogP contribution in [-0.4, -0.2) is 34.1 Å². The second kappa shape index (κ2) is 9.62. The smallest absolute Gasteiger partial charge is 0.421 e. The van der Waals surface area contributed by atoms with E-state index in [1.165, 1.54) is 26.2 Å². The molecule has 2 amide bonds. The van der Waals surface area contributed by atoms with Gasteiger partial charge in [-0.05, 0) is 38.1 Å². The van der Waals surface area contributed by atoms with Crippen molar-refractivity contribution in [1.82, 2.24) is 10.0 Å². The van der Waals surface area contributed by atoms with Gasteiger partial charge in [0.2, 0.25) is 0 Å². The Morgan fingerprint density at radius 3 is 2.52 bits per heavy atom. The van der Waals surface area contributed by atoms with Crippen molar-refractivity contribution < 1.29 is 27.5 Å². The second-order valence-corrected chi connectivity index (χ2v) is 7.97. The average molecular weight is 441 g/mol. The highest BCUT2D eigenvalue weighted by atomic mass is 35.5. The lowest BCUT2D eigenvalue weighted by Gasteiger charge is -2.17. The van der Waals surface area contributed by atoms with Crippen LogP contribution in [0.1, 0.15) is 35.8 Å². The first kappa shape index (κ1) is 22.5. The number of nitrogens with one attached hydrogen (secondary N) is 2. The molecule has 0 aliphatic rings. The minimum absolute atomic E-state index is 0.00162. The minimum Gasteiger partial charge on any atom is -0.496 e. The van der Waals surface area contributed by atoms with Crippen LogP contribution in [0.4, 0.5) is 4.79 Å². The van der Waals surface area contributed by atoms with Gasteiger partial charge in [-0.25, -0.2) is 17.9 Å². The van der Waals surface area contributed by atoms with Crippen molar-refractivity contribution in [2.45, 2.75) is 24.8 Å². The summed E-state index contributed by atoms with van der Waals surface area (Å²) in [6, 6.07) is 10.5. The normalized spacial score (nSPS) is 12.0. The van der Waals surface area contributed by atoms with Gasteiger partial charge in [0.15, 0.2) is 0 Å². The topological polar surface area (TPSA) is 111 Å². The average Bonchev–Trinajstić information content (AvgIpc) is 2.67. The quantitative estimate of drug-likeness (QED) is 0.683. The van der Waals surface area contributed by atoms with E-state index < -0.39 is 33.0 Å². The second-order valence-electron chi connectivity index (χ2n) is 5.91. The number of carbonyl (C=O) groups excluding carboxylic acids is 2. The number of hydrogen-bond acceptors (Lipinski definition) is 6. The molecule has 0 spiro atoms. The molecule has 0 aliphatic carbocycles. The summed E-state index contributed by atoms with van der Waals surface area (Å²) in [4.78, 5) is 23.7. The van der Waals surface area contributed by atoms with E-state index >= 15 is 0 Å². The van der Waals surface area contributed by atoms with Crippen molar-refractivity contribution in [2.24, 2.45) is 0 Å². The van der Waals surface area contributed by atoms with Gasteiger partial charge in [-0.3, -0.25) is 4.79 Å². The zero-order valence-electron chi connectivity index (χ0n) is 16.1. The molecule has 10 heteroatoms. The van der Waals surface area contributed by atoms with E-state index in [9.17, 15) is 18.0 Å². The number of benzene rings is 2. The summed E-state index contributed by atoms with van der Waals surface area (Å²) in [6.07, 6.45) is -1.14. The van der Waals surface area contributed by atoms with Crippen LogP contribution < -0.4 is 14.8 Å². The van der Waals surface area contributed by atoms with Gasteiger partial charge in [0.1, 0.15) is 10.6 Å². The number of halogens is 1. The molecule has 2 aromatic rings. The Bertz CT molecular complexity index is 1010. The molecule has 0 radical (unpaired) electrons. The van der Waals surface area contributed by atoms with Gasteiger partial charge >= 0.3 is 6.09 Å². The van der Waals surface area contributed by atoms with Gasteiger partial charge in [0.25, 0.3) is 15.9 Å². The van der Waals surface area contributed by atoms with Crippen LogP contribution in [0.25, 0.3) is 0 Å². The number of ether oxygens (including phenoxy) is 2. The molecular formula is C19H21ClN2O6S. The summed E-state index contributed by atoms with van der Waals surface area (Å²) in [7, 11) is -2.79. The molecule has 2 rings (SSSR count). The van der Waals surface area contributed by atoms with Crippen molar-refractivity contribution in [3.63, 3.8) is 0 Å². The SMILES string of the molecule is CCOC(=O)NS(=O)(=O)c1cc(C(=O)N[C@H](C)c2ccccc2OC)ccc1Cl. The number of para-hydroxylation sites is 1. The molecule has 2 aromatic carbocycles. The highest BCUT2D eigenvalue weighted by Crippen LogP contribution is 2.26. The van der Waals surface area contributed by atoms with E-state index in [2.05, 4.69) is 10.1 Å². The predicted octanol–water partition coefficient (Wildman–Crippen LogP) is 3.27. The fraction of sp³-hybridized carbons (Fsp3) is 0.263. The summed E-state index contributed by atoms with van der Waals surface area (Å²) in [6.45, 7) is 3.30. The van der Waals surface area contributed by atoms with Crippen LogP contribution in [0.2, 0.25) is 5.02 Å². The van der Waals surface area contributed by atoms with Crippen molar-refractivity contribution in [2.75, 3.05) is 13.7 Å². The summed E-state index contributed by atoms with van der Waals surface area (Å²) in [5, 5.41) is 2.64. The fourth-order valence-electron chi connectivity index (χ4n) is 2.56. The third-order valence-electron chi connectivity index (χ3n) is 3.93. The third-order valence-corrected chi connectivity index (χ3v) is 5.72. The zero-order valence-corrected chi connectivity index (χ0v) is 17.6. The molecule has 0 fully saturated rings. The molecule has 156 valence electrons. The van der Waals surface area contributed by atoms with Gasteiger partial charge in [0.05, 0.1) is 24.8 Å². The molecule has 0 bridgehead atoms. The largest absolute Gasteiger partial charge is 0.496 e. The third kappa shape index (κ3) is 5.61. The molecule has 0 aromatic heterocycles. The Labute approximate surface area is 174 Å². The molecule has 0 saturated heterocycles. The van der Waals surface area contributed by atoms with Crippen LogP contribution in [0, 0.1) is 0 Å². The summed E-state index contributed by atoms with van der Waals surface area (Å²) in [5.74, 6) is 0.0889. The number of hydrogen-bond donors (Lipinski definition) is 2. The van der Waals surface area contributed by atoms with Gasteiger partial charge in [-0.15, -0.1) is 0 Å². The number of sulfonamides is 1. The Hall–Kier alpha value is -2.78. The number of rotatable bonds is 7. The lowest BCUT2D eigenvalue weighted by Crippen LogP contribution is -2.32. The van der Waals surface area contributed by atoms with Crippen molar-refractivity contribution in [3.8, 4) is 5.75 Å². The standard InChI is InChI=1S/C19H21ClN2O6S/c1-4-28-19(24)22-29(25,26)17-11-13(9-10-15(17)20)18(23)21-12(2)14-7-5-6-8-16(14)27-3/h5-12H,4H2,1-3H3,(H,21,23)(H,22,24)/t12-/m1/s1. The van der Waals surface area contributed by atoms with Crippen LogP contribution in [0.5, 0.6) is 5.75 Å². The predicted molar refractivity (Wildman–Crippen MR) is 108 cm³/mol. The Balaban J connectivity index is 2.26. The monoisotopic (exact) mass is 440 g/mol. The van der Waals surface area contributed by atoms with Crippen LogP contribution in [0.3, 0.4) is 0 Å².